The van der Waals surface area contributed by atoms with Crippen molar-refractivity contribution in [2.45, 2.75) is 6.54 Å². The summed E-state index contributed by atoms with van der Waals surface area (Å²) in [7, 11) is 0. The van der Waals surface area contributed by atoms with Crippen LogP contribution in [-0.2, 0) is 6.54 Å². The highest BCUT2D eigenvalue weighted by molar-refractivity contribution is 6.30. The monoisotopic (exact) mass is 274 g/mol. The van der Waals surface area contributed by atoms with Crippen LogP contribution in [0.15, 0.2) is 48.7 Å². The van der Waals surface area contributed by atoms with Crippen LogP contribution < -0.4 is 5.32 Å². The van der Waals surface area contributed by atoms with Crippen molar-refractivity contribution in [3.8, 4) is 0 Å². The normalized spacial score (nSPS) is 10.8. The molecule has 2 nitrogen and oxygen atoms in total. The Balaban J connectivity index is 1.75. The van der Waals surface area contributed by atoms with Crippen molar-refractivity contribution in [3.63, 3.8) is 0 Å². The topological polar surface area (TPSA) is 27.8 Å². The highest BCUT2D eigenvalue weighted by atomic mass is 35.5. The van der Waals surface area contributed by atoms with E-state index < -0.39 is 0 Å². The summed E-state index contributed by atoms with van der Waals surface area (Å²) in [6, 6.07) is 12.9. The van der Waals surface area contributed by atoms with Crippen molar-refractivity contribution in [3.05, 3.63) is 65.1 Å². The van der Waals surface area contributed by atoms with Crippen molar-refractivity contribution in [1.29, 1.82) is 0 Å². The maximum absolute atomic E-state index is 13.0. The number of aromatic amines is 1. The van der Waals surface area contributed by atoms with Gasteiger partial charge >= 0.3 is 0 Å². The maximum Gasteiger partial charge on any atom is 0.141 e. The molecule has 0 spiro atoms. The van der Waals surface area contributed by atoms with Crippen LogP contribution in [0.2, 0.25) is 5.02 Å². The summed E-state index contributed by atoms with van der Waals surface area (Å²) in [6.07, 6.45) is 1.91. The van der Waals surface area contributed by atoms with Crippen LogP contribution in [0.25, 0.3) is 10.9 Å². The van der Waals surface area contributed by atoms with Gasteiger partial charge in [0.05, 0.1) is 5.02 Å². The molecular formula is C15H12ClFN2. The SMILES string of the molecule is Fc1ccc(CNc2ccc3[nH]ccc3c2)cc1Cl. The molecule has 0 fully saturated rings. The number of aromatic nitrogens is 1. The lowest BCUT2D eigenvalue weighted by Crippen LogP contribution is -1.99. The predicted molar refractivity (Wildman–Crippen MR) is 77.0 cm³/mol. The molecule has 0 saturated heterocycles. The molecule has 0 atom stereocenters. The quantitative estimate of drug-likeness (QED) is 0.719. The first-order chi connectivity index (χ1) is 9.22. The zero-order chi connectivity index (χ0) is 13.2. The molecule has 3 rings (SSSR count). The molecular weight excluding hydrogens is 263 g/mol. The zero-order valence-corrected chi connectivity index (χ0v) is 10.8. The lowest BCUT2D eigenvalue weighted by molar-refractivity contribution is 0.627. The molecule has 1 aromatic heterocycles. The molecule has 4 heteroatoms. The van der Waals surface area contributed by atoms with Gasteiger partial charge in [0, 0.05) is 29.3 Å². The van der Waals surface area contributed by atoms with Gasteiger partial charge in [0.15, 0.2) is 0 Å². The van der Waals surface area contributed by atoms with E-state index >= 15 is 0 Å². The van der Waals surface area contributed by atoms with E-state index in [1.807, 2.05) is 24.4 Å². The lowest BCUT2D eigenvalue weighted by atomic mass is 10.2. The number of halogens is 2. The number of hydrogen-bond donors (Lipinski definition) is 2. The van der Waals surface area contributed by atoms with Gasteiger partial charge in [-0.2, -0.15) is 0 Å². The van der Waals surface area contributed by atoms with Crippen LogP contribution in [-0.4, -0.2) is 4.98 Å². The second-order valence-electron chi connectivity index (χ2n) is 4.38. The van der Waals surface area contributed by atoms with Gasteiger partial charge in [-0.3, -0.25) is 0 Å². The lowest BCUT2D eigenvalue weighted by Gasteiger charge is -2.07. The van der Waals surface area contributed by atoms with E-state index in [1.165, 1.54) is 6.07 Å². The van der Waals surface area contributed by atoms with Gasteiger partial charge in [-0.05, 0) is 42.0 Å². The second-order valence-corrected chi connectivity index (χ2v) is 4.79. The summed E-state index contributed by atoms with van der Waals surface area (Å²) < 4.78 is 13.0. The Morgan fingerprint density at radius 1 is 1.11 bits per heavy atom. The number of rotatable bonds is 3. The fraction of sp³-hybridized carbons (Fsp3) is 0.0667. The third-order valence-electron chi connectivity index (χ3n) is 3.03. The van der Waals surface area contributed by atoms with Crippen LogP contribution in [0, 0.1) is 5.82 Å². The van der Waals surface area contributed by atoms with Gasteiger partial charge < -0.3 is 10.3 Å². The number of hydrogen-bond acceptors (Lipinski definition) is 1. The predicted octanol–water partition coefficient (Wildman–Crippen LogP) is 4.57. The third kappa shape index (κ3) is 2.56. The molecule has 0 aliphatic rings. The van der Waals surface area contributed by atoms with Crippen molar-refractivity contribution in [1.82, 2.24) is 4.98 Å². The summed E-state index contributed by atoms with van der Waals surface area (Å²) in [4.78, 5) is 3.15. The summed E-state index contributed by atoms with van der Waals surface area (Å²) in [6.45, 7) is 0.607. The molecule has 0 aliphatic carbocycles. The Hall–Kier alpha value is -2.00. The molecule has 96 valence electrons. The van der Waals surface area contributed by atoms with E-state index in [4.69, 9.17) is 11.6 Å². The molecule has 0 aliphatic heterocycles. The zero-order valence-electron chi connectivity index (χ0n) is 10.1. The van der Waals surface area contributed by atoms with Gasteiger partial charge in [-0.15, -0.1) is 0 Å². The van der Waals surface area contributed by atoms with Crippen LogP contribution in [0.5, 0.6) is 0 Å². The summed E-state index contributed by atoms with van der Waals surface area (Å²) in [5.41, 5.74) is 3.07. The van der Waals surface area contributed by atoms with E-state index in [0.29, 0.717) is 6.54 Å². The molecule has 19 heavy (non-hydrogen) atoms. The average molecular weight is 275 g/mol. The minimum Gasteiger partial charge on any atom is -0.381 e. The van der Waals surface area contributed by atoms with Crippen molar-refractivity contribution >= 4 is 28.2 Å². The first-order valence-electron chi connectivity index (χ1n) is 5.97. The van der Waals surface area contributed by atoms with E-state index in [0.717, 1.165) is 22.2 Å². The largest absolute Gasteiger partial charge is 0.381 e. The van der Waals surface area contributed by atoms with Crippen LogP contribution in [0.4, 0.5) is 10.1 Å². The van der Waals surface area contributed by atoms with E-state index in [9.17, 15) is 4.39 Å². The Morgan fingerprint density at radius 3 is 2.84 bits per heavy atom. The van der Waals surface area contributed by atoms with Crippen molar-refractivity contribution in [2.75, 3.05) is 5.32 Å². The van der Waals surface area contributed by atoms with Gasteiger partial charge in [-0.1, -0.05) is 17.7 Å². The van der Waals surface area contributed by atoms with Crippen LogP contribution in [0.3, 0.4) is 0 Å². The Morgan fingerprint density at radius 2 is 2.00 bits per heavy atom. The minimum absolute atomic E-state index is 0.153. The van der Waals surface area contributed by atoms with Crippen LogP contribution in [0.1, 0.15) is 5.56 Å². The molecule has 0 radical (unpaired) electrons. The molecule has 3 aromatic rings. The summed E-state index contributed by atoms with van der Waals surface area (Å²) in [5, 5.41) is 4.60. The van der Waals surface area contributed by atoms with Crippen LogP contribution >= 0.6 is 11.6 Å². The standard InChI is InChI=1S/C15H12ClFN2/c16-13-7-10(1-3-14(13)17)9-19-12-2-4-15-11(8-12)5-6-18-15/h1-8,18-19H,9H2. The molecule has 0 bridgehead atoms. The third-order valence-corrected chi connectivity index (χ3v) is 3.32. The van der Waals surface area contributed by atoms with E-state index in [1.54, 1.807) is 12.1 Å². The van der Waals surface area contributed by atoms with Gasteiger partial charge in [0.2, 0.25) is 0 Å². The van der Waals surface area contributed by atoms with Crippen molar-refractivity contribution < 1.29 is 4.39 Å². The molecule has 0 saturated carbocycles. The average Bonchev–Trinajstić information content (AvgIpc) is 2.87. The maximum atomic E-state index is 13.0. The van der Waals surface area contributed by atoms with E-state index in [-0.39, 0.29) is 10.8 Å². The minimum atomic E-state index is -0.390. The molecule has 2 N–H and O–H groups in total. The highest BCUT2D eigenvalue weighted by Gasteiger charge is 2.01. The first-order valence-corrected chi connectivity index (χ1v) is 6.35. The number of fused-ring (bicyclic) bond motifs is 1. The summed E-state index contributed by atoms with van der Waals surface area (Å²) in [5.74, 6) is -0.390. The number of anilines is 1. The molecule has 1 heterocycles. The second kappa shape index (κ2) is 4.94. The number of H-pyrrole nitrogens is 1. The number of nitrogens with one attached hydrogen (secondary N) is 2. The number of benzene rings is 2. The van der Waals surface area contributed by atoms with Crippen molar-refractivity contribution in [2.24, 2.45) is 0 Å². The molecule has 0 amide bonds. The smallest absolute Gasteiger partial charge is 0.141 e. The van der Waals surface area contributed by atoms with Gasteiger partial charge in [-0.25, -0.2) is 4.39 Å². The van der Waals surface area contributed by atoms with Gasteiger partial charge in [0.1, 0.15) is 5.82 Å². The fourth-order valence-electron chi connectivity index (χ4n) is 2.02. The Labute approximate surface area is 115 Å². The first kappa shape index (κ1) is 12.1. The Kier molecular flexibility index (Phi) is 3.13. The summed E-state index contributed by atoms with van der Waals surface area (Å²) >= 11 is 5.75. The fourth-order valence-corrected chi connectivity index (χ4v) is 2.22. The Bertz CT molecular complexity index is 721. The molecule has 0 unspecified atom stereocenters. The van der Waals surface area contributed by atoms with Gasteiger partial charge in [0.25, 0.3) is 0 Å². The molecule has 2 aromatic carbocycles. The van der Waals surface area contributed by atoms with E-state index in [2.05, 4.69) is 16.4 Å². The highest BCUT2D eigenvalue weighted by Crippen LogP contribution is 2.20.